The van der Waals surface area contributed by atoms with Crippen LogP contribution in [-0.2, 0) is 4.79 Å². The van der Waals surface area contributed by atoms with Crippen LogP contribution in [0.25, 0.3) is 6.08 Å². The van der Waals surface area contributed by atoms with E-state index in [-0.39, 0.29) is 18.6 Å². The zero-order chi connectivity index (χ0) is 13.0. The molecule has 0 aliphatic carbocycles. The standard InChI is InChI=1S/C14H18N2O2/c1-11-6-8-16(13(11)10-17)14(18)5-4-12-3-2-7-15-9-12/h2-5,7,9,11,13,17H,6,8,10H2,1H3/b5-4+. The number of aromatic nitrogens is 1. The summed E-state index contributed by atoms with van der Waals surface area (Å²) in [6.07, 6.45) is 7.67. The summed E-state index contributed by atoms with van der Waals surface area (Å²) in [5.74, 6) is 0.327. The summed E-state index contributed by atoms with van der Waals surface area (Å²) in [5.41, 5.74) is 0.902. The molecule has 4 nitrogen and oxygen atoms in total. The first-order valence-electron chi connectivity index (χ1n) is 6.22. The van der Waals surface area contributed by atoms with Gasteiger partial charge in [-0.05, 0) is 30.0 Å². The fourth-order valence-electron chi connectivity index (χ4n) is 2.30. The molecule has 1 aromatic heterocycles. The molecule has 1 aliphatic heterocycles. The summed E-state index contributed by atoms with van der Waals surface area (Å²) in [6.45, 7) is 2.83. The molecule has 1 aliphatic rings. The lowest BCUT2D eigenvalue weighted by Crippen LogP contribution is -2.38. The van der Waals surface area contributed by atoms with Crippen molar-refractivity contribution in [3.8, 4) is 0 Å². The molecule has 1 aromatic rings. The van der Waals surface area contributed by atoms with Crippen molar-refractivity contribution in [2.75, 3.05) is 13.2 Å². The van der Waals surface area contributed by atoms with Gasteiger partial charge in [-0.2, -0.15) is 0 Å². The Bertz CT molecular complexity index is 431. The van der Waals surface area contributed by atoms with Crippen LogP contribution in [0.5, 0.6) is 0 Å². The van der Waals surface area contributed by atoms with E-state index in [1.165, 1.54) is 0 Å². The average molecular weight is 246 g/mol. The fraction of sp³-hybridized carbons (Fsp3) is 0.429. The van der Waals surface area contributed by atoms with Crippen LogP contribution in [0.1, 0.15) is 18.9 Å². The Labute approximate surface area is 107 Å². The van der Waals surface area contributed by atoms with Gasteiger partial charge in [0.05, 0.1) is 12.6 Å². The van der Waals surface area contributed by atoms with Crippen LogP contribution in [0.15, 0.2) is 30.6 Å². The van der Waals surface area contributed by atoms with Crippen LogP contribution in [0.2, 0.25) is 0 Å². The molecule has 0 saturated carbocycles. The molecule has 0 spiro atoms. The molecule has 96 valence electrons. The third-order valence-electron chi connectivity index (χ3n) is 3.46. The zero-order valence-electron chi connectivity index (χ0n) is 10.5. The van der Waals surface area contributed by atoms with Crippen LogP contribution in [-0.4, -0.2) is 40.1 Å². The van der Waals surface area contributed by atoms with Crippen molar-refractivity contribution in [3.05, 3.63) is 36.2 Å². The van der Waals surface area contributed by atoms with E-state index >= 15 is 0 Å². The van der Waals surface area contributed by atoms with Crippen molar-refractivity contribution in [2.45, 2.75) is 19.4 Å². The predicted molar refractivity (Wildman–Crippen MR) is 69.6 cm³/mol. The summed E-state index contributed by atoms with van der Waals surface area (Å²) >= 11 is 0. The molecule has 0 aromatic carbocycles. The van der Waals surface area contributed by atoms with Gasteiger partial charge in [-0.1, -0.05) is 13.0 Å². The maximum Gasteiger partial charge on any atom is 0.246 e. The van der Waals surface area contributed by atoms with Crippen molar-refractivity contribution in [3.63, 3.8) is 0 Å². The van der Waals surface area contributed by atoms with Crippen molar-refractivity contribution in [1.29, 1.82) is 0 Å². The number of rotatable bonds is 3. The highest BCUT2D eigenvalue weighted by Crippen LogP contribution is 2.23. The molecule has 0 bridgehead atoms. The number of aliphatic hydroxyl groups is 1. The Morgan fingerprint density at radius 3 is 3.17 bits per heavy atom. The second-order valence-electron chi connectivity index (χ2n) is 4.67. The molecule has 2 unspecified atom stereocenters. The number of carbonyl (C=O) groups excluding carboxylic acids is 1. The second-order valence-corrected chi connectivity index (χ2v) is 4.67. The van der Waals surface area contributed by atoms with Crippen molar-refractivity contribution in [1.82, 2.24) is 9.88 Å². The van der Waals surface area contributed by atoms with E-state index in [9.17, 15) is 9.90 Å². The molecular weight excluding hydrogens is 228 g/mol. The van der Waals surface area contributed by atoms with E-state index in [1.54, 1.807) is 29.4 Å². The summed E-state index contributed by atoms with van der Waals surface area (Å²) < 4.78 is 0. The average Bonchev–Trinajstić information content (AvgIpc) is 2.78. The monoisotopic (exact) mass is 246 g/mol. The number of aliphatic hydroxyl groups excluding tert-OH is 1. The third kappa shape index (κ3) is 2.76. The highest BCUT2D eigenvalue weighted by molar-refractivity contribution is 5.92. The van der Waals surface area contributed by atoms with Gasteiger partial charge in [0.15, 0.2) is 0 Å². The van der Waals surface area contributed by atoms with Crippen molar-refractivity contribution in [2.24, 2.45) is 5.92 Å². The number of pyridine rings is 1. The van der Waals surface area contributed by atoms with Crippen LogP contribution in [0.4, 0.5) is 0 Å². The normalized spacial score (nSPS) is 23.8. The van der Waals surface area contributed by atoms with Crippen LogP contribution in [0, 0.1) is 5.92 Å². The Kier molecular flexibility index (Phi) is 4.10. The van der Waals surface area contributed by atoms with Crippen LogP contribution in [0.3, 0.4) is 0 Å². The van der Waals surface area contributed by atoms with Gasteiger partial charge in [0.2, 0.25) is 5.91 Å². The predicted octanol–water partition coefficient (Wildman–Crippen LogP) is 1.32. The molecule has 1 saturated heterocycles. The van der Waals surface area contributed by atoms with Gasteiger partial charge >= 0.3 is 0 Å². The number of hydrogen-bond donors (Lipinski definition) is 1. The largest absolute Gasteiger partial charge is 0.394 e. The number of likely N-dealkylation sites (tertiary alicyclic amines) is 1. The maximum atomic E-state index is 12.0. The van der Waals surface area contributed by atoms with E-state index in [2.05, 4.69) is 11.9 Å². The van der Waals surface area contributed by atoms with Gasteiger partial charge in [0.1, 0.15) is 0 Å². The molecule has 4 heteroatoms. The number of amides is 1. The molecule has 1 fully saturated rings. The fourth-order valence-corrected chi connectivity index (χ4v) is 2.30. The van der Waals surface area contributed by atoms with Gasteiger partial charge in [0, 0.05) is 25.0 Å². The molecule has 2 heterocycles. The van der Waals surface area contributed by atoms with Crippen LogP contribution < -0.4 is 0 Å². The second kappa shape index (κ2) is 5.78. The molecular formula is C14H18N2O2. The van der Waals surface area contributed by atoms with Gasteiger partial charge in [-0.3, -0.25) is 9.78 Å². The van der Waals surface area contributed by atoms with Gasteiger partial charge in [0.25, 0.3) is 0 Å². The van der Waals surface area contributed by atoms with E-state index in [0.29, 0.717) is 5.92 Å². The van der Waals surface area contributed by atoms with Crippen LogP contribution >= 0.6 is 0 Å². The Balaban J connectivity index is 2.02. The number of carbonyl (C=O) groups is 1. The topological polar surface area (TPSA) is 53.4 Å². The Morgan fingerprint density at radius 1 is 1.67 bits per heavy atom. The van der Waals surface area contributed by atoms with E-state index in [0.717, 1.165) is 18.5 Å². The molecule has 2 atom stereocenters. The third-order valence-corrected chi connectivity index (χ3v) is 3.46. The summed E-state index contributed by atoms with van der Waals surface area (Å²) in [6, 6.07) is 3.68. The highest BCUT2D eigenvalue weighted by Gasteiger charge is 2.32. The highest BCUT2D eigenvalue weighted by atomic mass is 16.3. The molecule has 1 amide bonds. The Hall–Kier alpha value is -1.68. The molecule has 18 heavy (non-hydrogen) atoms. The maximum absolute atomic E-state index is 12.0. The van der Waals surface area contributed by atoms with E-state index in [4.69, 9.17) is 0 Å². The summed E-state index contributed by atoms with van der Waals surface area (Å²) in [5, 5.41) is 9.31. The van der Waals surface area contributed by atoms with Gasteiger partial charge in [-0.15, -0.1) is 0 Å². The lowest BCUT2D eigenvalue weighted by molar-refractivity contribution is -0.127. The van der Waals surface area contributed by atoms with Gasteiger partial charge in [-0.25, -0.2) is 0 Å². The molecule has 1 N–H and O–H groups in total. The smallest absolute Gasteiger partial charge is 0.246 e. The van der Waals surface area contributed by atoms with E-state index in [1.807, 2.05) is 12.1 Å². The first kappa shape index (κ1) is 12.8. The number of nitrogens with zero attached hydrogens (tertiary/aromatic N) is 2. The minimum absolute atomic E-state index is 0.0354. The molecule has 2 rings (SSSR count). The lowest BCUT2D eigenvalue weighted by Gasteiger charge is -2.23. The first-order valence-corrected chi connectivity index (χ1v) is 6.22. The van der Waals surface area contributed by atoms with Crippen molar-refractivity contribution >= 4 is 12.0 Å². The van der Waals surface area contributed by atoms with E-state index < -0.39 is 0 Å². The minimum Gasteiger partial charge on any atom is -0.394 e. The summed E-state index contributed by atoms with van der Waals surface area (Å²) in [7, 11) is 0. The first-order chi connectivity index (χ1) is 8.72. The lowest BCUT2D eigenvalue weighted by atomic mass is 10.0. The van der Waals surface area contributed by atoms with Gasteiger partial charge < -0.3 is 10.0 Å². The SMILES string of the molecule is CC1CCN(C(=O)/C=C/c2cccnc2)C1CO. The minimum atomic E-state index is -0.0453. The zero-order valence-corrected chi connectivity index (χ0v) is 10.5. The Morgan fingerprint density at radius 2 is 2.50 bits per heavy atom. The number of hydrogen-bond acceptors (Lipinski definition) is 3. The summed E-state index contributed by atoms with van der Waals surface area (Å²) in [4.78, 5) is 17.8. The quantitative estimate of drug-likeness (QED) is 0.818. The van der Waals surface area contributed by atoms with Crippen molar-refractivity contribution < 1.29 is 9.90 Å². The molecule has 0 radical (unpaired) electrons.